The van der Waals surface area contributed by atoms with Crippen LogP contribution in [0.25, 0.3) is 77.4 Å². The van der Waals surface area contributed by atoms with Crippen molar-refractivity contribution in [3.63, 3.8) is 0 Å². The fourth-order valence-corrected chi connectivity index (χ4v) is 5.75. The van der Waals surface area contributed by atoms with Crippen LogP contribution >= 0.6 is 0 Å². The number of pyridine rings is 6. The van der Waals surface area contributed by atoms with Crippen LogP contribution in [-0.4, -0.2) is 39.9 Å². The van der Waals surface area contributed by atoms with E-state index in [-0.39, 0.29) is 19.5 Å². The summed E-state index contributed by atoms with van der Waals surface area (Å²) in [7, 11) is 0. The van der Waals surface area contributed by atoms with Gasteiger partial charge in [0, 0.05) is 48.0 Å². The van der Waals surface area contributed by atoms with Crippen molar-refractivity contribution in [3.8, 4) is 22.8 Å². The number of nitrogens with zero attached hydrogens (tertiary/aromatic N) is 8. The van der Waals surface area contributed by atoms with E-state index in [4.69, 9.17) is 9.97 Å². The van der Waals surface area contributed by atoms with E-state index in [1.807, 2.05) is 109 Å². The number of aromatic nitrogens is 8. The van der Waals surface area contributed by atoms with Crippen LogP contribution in [0.1, 0.15) is 0 Å². The fraction of sp³-hybridized carbons (Fsp3) is 0. The Labute approximate surface area is 306 Å². The fourth-order valence-electron chi connectivity index (χ4n) is 5.75. The van der Waals surface area contributed by atoms with Gasteiger partial charge < -0.3 is 0 Å². The molecule has 0 atom stereocenters. The van der Waals surface area contributed by atoms with Gasteiger partial charge in [0.2, 0.25) is 0 Å². The molecular weight excluding hydrogens is 718 g/mol. The van der Waals surface area contributed by atoms with Crippen LogP contribution in [0.15, 0.2) is 171 Å². The molecule has 7 aromatic heterocycles. The maximum absolute atomic E-state index is 4.98. The van der Waals surface area contributed by atoms with Crippen molar-refractivity contribution < 1.29 is 19.5 Å². The van der Waals surface area contributed by atoms with E-state index >= 15 is 0 Å². The molecule has 0 saturated heterocycles. The number of hydrogen-bond donors (Lipinski definition) is 0. The Morgan fingerprint density at radius 2 is 0.627 bits per heavy atom. The molecule has 0 saturated carbocycles. The second-order valence-electron chi connectivity index (χ2n) is 11.3. The summed E-state index contributed by atoms with van der Waals surface area (Å²) in [5.41, 5.74) is 8.92. The minimum atomic E-state index is 0. The zero-order chi connectivity index (χ0) is 33.5. The van der Waals surface area contributed by atoms with Crippen LogP contribution in [0.3, 0.4) is 0 Å². The first-order chi connectivity index (χ1) is 24.8. The molecule has 51 heavy (non-hydrogen) atoms. The monoisotopic (exact) mass is 746 g/mol. The summed E-state index contributed by atoms with van der Waals surface area (Å²) in [5, 5.41) is 4.30. The minimum Gasteiger partial charge on any atom is -0.255 e. The van der Waals surface area contributed by atoms with Crippen molar-refractivity contribution in [2.24, 2.45) is 0 Å². The van der Waals surface area contributed by atoms with Crippen molar-refractivity contribution in [1.29, 1.82) is 0 Å². The maximum Gasteiger partial charge on any atom is 2.00 e. The maximum atomic E-state index is 4.98. The topological polar surface area (TPSA) is 103 Å². The summed E-state index contributed by atoms with van der Waals surface area (Å²) in [4.78, 5) is 35.8. The quantitative estimate of drug-likeness (QED) is 0.0981. The van der Waals surface area contributed by atoms with Gasteiger partial charge in [0.1, 0.15) is 0 Å². The Balaban J connectivity index is 0.000000136. The van der Waals surface area contributed by atoms with E-state index in [0.717, 1.165) is 66.6 Å². The Kier molecular flexibility index (Phi) is 10.00. The Bertz CT molecular complexity index is 2440. The first-order valence-electron chi connectivity index (χ1n) is 16.1. The molecule has 0 aliphatic rings. The van der Waals surface area contributed by atoms with Gasteiger partial charge in [-0.05, 0) is 95.7 Å². The van der Waals surface area contributed by atoms with Crippen LogP contribution in [-0.2, 0) is 19.5 Å². The molecule has 0 amide bonds. The molecule has 0 radical (unpaired) electrons. The molecule has 9 heteroatoms. The van der Waals surface area contributed by atoms with Gasteiger partial charge in [-0.2, -0.15) is 0 Å². The van der Waals surface area contributed by atoms with Crippen molar-refractivity contribution in [3.05, 3.63) is 171 Å². The SMILES string of the molecule is [Ru+2].c1ccc(-c2ccccn2)nc1.c1ccc(-c2ccccn2)nc1.c1ccc2cc3nc4c5cccnc5c5ncccc5c4nc3cc2c1. The molecule has 0 N–H and O–H groups in total. The van der Waals surface area contributed by atoms with E-state index in [1.54, 1.807) is 37.2 Å². The van der Waals surface area contributed by atoms with E-state index in [0.29, 0.717) is 0 Å². The number of rotatable bonds is 2. The van der Waals surface area contributed by atoms with Crippen molar-refractivity contribution >= 4 is 54.6 Å². The zero-order valence-electron chi connectivity index (χ0n) is 27.1. The van der Waals surface area contributed by atoms with Crippen LogP contribution in [0.2, 0.25) is 0 Å². The second-order valence-corrected chi connectivity index (χ2v) is 11.3. The standard InChI is InChI=1S/C22H12N4.2C10H8N2.Ru/c1-2-6-14-12-18-17(11-13(14)5-1)25-21-15-7-3-9-23-19(15)20-16(22(21)26-18)8-4-10-24-20;2*1-3-7-11-9(5-1)10-6-2-4-8-12-10;/h1-12H;2*1-8H;/q;;;+2. The number of hydrogen-bond acceptors (Lipinski definition) is 8. The van der Waals surface area contributed by atoms with Crippen LogP contribution in [0.4, 0.5) is 0 Å². The molecular formula is C42H28N8Ru+2. The van der Waals surface area contributed by atoms with Gasteiger partial charge in [0.25, 0.3) is 0 Å². The molecule has 0 aliphatic carbocycles. The molecule has 0 bridgehead atoms. The predicted molar refractivity (Wildman–Crippen MR) is 200 cm³/mol. The first-order valence-corrected chi connectivity index (χ1v) is 16.1. The third-order valence-corrected chi connectivity index (χ3v) is 8.07. The molecule has 3 aromatic carbocycles. The van der Waals surface area contributed by atoms with Gasteiger partial charge in [-0.1, -0.05) is 48.5 Å². The van der Waals surface area contributed by atoms with Gasteiger partial charge in [-0.15, -0.1) is 0 Å². The average Bonchev–Trinajstić information content (AvgIpc) is 3.21. The summed E-state index contributed by atoms with van der Waals surface area (Å²) in [6.45, 7) is 0. The van der Waals surface area contributed by atoms with Gasteiger partial charge in [0.15, 0.2) is 0 Å². The van der Waals surface area contributed by atoms with E-state index in [1.165, 1.54) is 10.8 Å². The molecule has 10 aromatic rings. The van der Waals surface area contributed by atoms with Crippen LogP contribution in [0, 0.1) is 0 Å². The molecule has 10 rings (SSSR count). The molecule has 0 spiro atoms. The van der Waals surface area contributed by atoms with Crippen molar-refractivity contribution in [1.82, 2.24) is 39.9 Å². The molecule has 0 fully saturated rings. The second kappa shape index (κ2) is 15.4. The summed E-state index contributed by atoms with van der Waals surface area (Å²) >= 11 is 0. The van der Waals surface area contributed by atoms with Gasteiger partial charge >= 0.3 is 19.5 Å². The normalized spacial score (nSPS) is 10.6. The average molecular weight is 746 g/mol. The molecule has 242 valence electrons. The summed E-state index contributed by atoms with van der Waals surface area (Å²) in [5.74, 6) is 0. The third-order valence-electron chi connectivity index (χ3n) is 8.07. The van der Waals surface area contributed by atoms with E-state index in [2.05, 4.69) is 54.2 Å². The van der Waals surface area contributed by atoms with Gasteiger partial charge in [-0.25, -0.2) is 9.97 Å². The minimum absolute atomic E-state index is 0. The van der Waals surface area contributed by atoms with Crippen molar-refractivity contribution in [2.75, 3.05) is 0 Å². The predicted octanol–water partition coefficient (Wildman–Crippen LogP) is 9.32. The number of benzene rings is 3. The van der Waals surface area contributed by atoms with Crippen LogP contribution in [0.5, 0.6) is 0 Å². The molecule has 7 heterocycles. The van der Waals surface area contributed by atoms with Crippen molar-refractivity contribution in [2.45, 2.75) is 0 Å². The number of fused-ring (bicyclic) bond motifs is 8. The summed E-state index contributed by atoms with van der Waals surface area (Å²) in [6.07, 6.45) is 10.7. The first kappa shape index (κ1) is 33.1. The zero-order valence-corrected chi connectivity index (χ0v) is 28.8. The Morgan fingerprint density at radius 1 is 0.294 bits per heavy atom. The van der Waals surface area contributed by atoms with E-state index < -0.39 is 0 Å². The Hall–Kier alpha value is -6.44. The van der Waals surface area contributed by atoms with Gasteiger partial charge in [0.05, 0.1) is 55.9 Å². The van der Waals surface area contributed by atoms with Crippen LogP contribution < -0.4 is 0 Å². The molecule has 0 aliphatic heterocycles. The molecule has 0 unspecified atom stereocenters. The molecule has 8 nitrogen and oxygen atoms in total. The third kappa shape index (κ3) is 7.15. The Morgan fingerprint density at radius 3 is 0.961 bits per heavy atom. The van der Waals surface area contributed by atoms with E-state index in [9.17, 15) is 0 Å². The summed E-state index contributed by atoms with van der Waals surface area (Å²) in [6, 6.07) is 43.6. The largest absolute Gasteiger partial charge is 2.00 e. The van der Waals surface area contributed by atoms with Gasteiger partial charge in [-0.3, -0.25) is 29.9 Å². The summed E-state index contributed by atoms with van der Waals surface area (Å²) < 4.78 is 0. The smallest absolute Gasteiger partial charge is 0.255 e.